The summed E-state index contributed by atoms with van der Waals surface area (Å²) in [5.74, 6) is -4.61. The molecule has 6 rings (SSSR count). The van der Waals surface area contributed by atoms with Crippen molar-refractivity contribution in [3.63, 3.8) is 0 Å². The molecule has 2 aromatic carbocycles. The molecular weight excluding hydrogens is 696 g/mol. The maximum absolute atomic E-state index is 14.4. The second kappa shape index (κ2) is 14.3. The second-order valence-electron chi connectivity index (χ2n) is 12.7. The number of nitrogens with zero attached hydrogens (tertiary/aromatic N) is 4. The lowest BCUT2D eigenvalue weighted by atomic mass is 9.83. The number of carbonyl (C=O) groups excluding carboxylic acids is 1. The average Bonchev–Trinajstić information content (AvgIpc) is 3.77. The molecule has 0 radical (unpaired) electrons. The van der Waals surface area contributed by atoms with Crippen LogP contribution >= 0.6 is 11.8 Å². The van der Waals surface area contributed by atoms with Crippen molar-refractivity contribution in [2.45, 2.75) is 78.5 Å². The highest BCUT2D eigenvalue weighted by Gasteiger charge is 2.52. The predicted octanol–water partition coefficient (Wildman–Crippen LogP) is 4.19. The molecule has 1 unspecified atom stereocenters. The van der Waals surface area contributed by atoms with Crippen molar-refractivity contribution in [2.24, 2.45) is 0 Å². The molecule has 272 valence electrons. The fraction of sp³-hybridized carbons (Fsp3) is 0.531. The van der Waals surface area contributed by atoms with E-state index >= 15 is 0 Å². The Bertz CT molecular complexity index is 1660. The van der Waals surface area contributed by atoms with Crippen LogP contribution in [0.2, 0.25) is 0 Å². The van der Waals surface area contributed by atoms with Gasteiger partial charge in [-0.15, -0.1) is 16.9 Å². The van der Waals surface area contributed by atoms with Crippen LogP contribution in [0.25, 0.3) is 11.3 Å². The lowest BCUT2D eigenvalue weighted by Crippen LogP contribution is -2.57. The number of piperidine rings is 1. The van der Waals surface area contributed by atoms with Crippen molar-refractivity contribution in [1.29, 1.82) is 0 Å². The first-order valence-corrected chi connectivity index (χ1v) is 16.8. The molecule has 0 spiro atoms. The quantitative estimate of drug-likeness (QED) is 0.188. The van der Waals surface area contributed by atoms with Gasteiger partial charge in [-0.25, -0.2) is 22.6 Å². The van der Waals surface area contributed by atoms with Gasteiger partial charge in [-0.05, 0) is 49.4 Å². The third-order valence-corrected chi connectivity index (χ3v) is 10.9. The number of hydrogen-bond donors (Lipinski definition) is 4. The first-order chi connectivity index (χ1) is 23.7. The number of methoxy groups -OCH3 is 1. The highest BCUT2D eigenvalue weighted by molar-refractivity contribution is 8.00. The minimum atomic E-state index is -4.80. The summed E-state index contributed by atoms with van der Waals surface area (Å²) in [5.41, 5.74) is -4.54. The number of nitrogens with one attached hydrogen (secondary N) is 1. The van der Waals surface area contributed by atoms with E-state index in [4.69, 9.17) is 9.47 Å². The Morgan fingerprint density at radius 3 is 2.42 bits per heavy atom. The SMILES string of the molecule is CO[C@@H]1[C@@H](n2cc(-c3cc(F)c(F)c(F)c3)nn2)[C@@H](O)[C@@H](CO)O[C@H]1SC(c1ccccc1C(F)(F)F)C1(O)CCN(C(=O)NC2CC2)CC1. The molecule has 1 aliphatic carbocycles. The Balaban J connectivity index is 1.34. The molecule has 11 nitrogen and oxygen atoms in total. The van der Waals surface area contributed by atoms with Crippen LogP contribution in [0.3, 0.4) is 0 Å². The second-order valence-corrected chi connectivity index (χ2v) is 13.9. The number of halogens is 6. The average molecular weight is 732 g/mol. The zero-order chi connectivity index (χ0) is 36.0. The maximum atomic E-state index is 14.4. The highest BCUT2D eigenvalue weighted by Crippen LogP contribution is 2.52. The van der Waals surface area contributed by atoms with Crippen molar-refractivity contribution in [2.75, 3.05) is 26.8 Å². The van der Waals surface area contributed by atoms with Crippen LogP contribution < -0.4 is 5.32 Å². The highest BCUT2D eigenvalue weighted by atomic mass is 32.2. The molecule has 3 aliphatic rings. The number of amides is 2. The molecule has 4 N–H and O–H groups in total. The number of hydrogen-bond acceptors (Lipinski definition) is 9. The molecule has 50 heavy (non-hydrogen) atoms. The molecule has 18 heteroatoms. The molecule has 1 aromatic heterocycles. The van der Waals surface area contributed by atoms with Crippen molar-refractivity contribution in [1.82, 2.24) is 25.2 Å². The molecule has 3 aromatic rings. The minimum absolute atomic E-state index is 0.0619. The summed E-state index contributed by atoms with van der Waals surface area (Å²) in [6, 6.07) is 4.77. The Kier molecular flexibility index (Phi) is 10.4. The maximum Gasteiger partial charge on any atom is 0.416 e. The molecule has 2 amide bonds. The van der Waals surface area contributed by atoms with Crippen molar-refractivity contribution < 1.29 is 55.9 Å². The van der Waals surface area contributed by atoms with E-state index in [2.05, 4.69) is 15.6 Å². The summed E-state index contributed by atoms with van der Waals surface area (Å²) >= 11 is 0.805. The third-order valence-electron chi connectivity index (χ3n) is 9.32. The van der Waals surface area contributed by atoms with Crippen molar-refractivity contribution in [3.8, 4) is 11.3 Å². The Hall–Kier alpha value is -3.42. The number of alkyl halides is 3. The van der Waals surface area contributed by atoms with Gasteiger partial charge >= 0.3 is 12.2 Å². The van der Waals surface area contributed by atoms with Gasteiger partial charge in [0.25, 0.3) is 0 Å². The Morgan fingerprint density at radius 2 is 1.82 bits per heavy atom. The number of carbonyl (C=O) groups is 1. The summed E-state index contributed by atoms with van der Waals surface area (Å²) in [6.45, 7) is -0.612. The van der Waals surface area contributed by atoms with Crippen molar-refractivity contribution >= 4 is 17.8 Å². The molecule has 3 heterocycles. The van der Waals surface area contributed by atoms with Gasteiger partial charge in [0.15, 0.2) is 17.5 Å². The van der Waals surface area contributed by atoms with Gasteiger partial charge in [0.05, 0.1) is 29.2 Å². The van der Waals surface area contributed by atoms with E-state index in [0.29, 0.717) is 12.1 Å². The van der Waals surface area contributed by atoms with E-state index in [1.54, 1.807) is 0 Å². The lowest BCUT2D eigenvalue weighted by Gasteiger charge is -2.47. The lowest BCUT2D eigenvalue weighted by molar-refractivity contribution is -0.186. The van der Waals surface area contributed by atoms with Crippen molar-refractivity contribution in [3.05, 3.63) is 71.2 Å². The number of aromatic nitrogens is 3. The number of ether oxygens (including phenoxy) is 2. The van der Waals surface area contributed by atoms with E-state index in [1.165, 1.54) is 36.4 Å². The number of likely N-dealkylation sites (tertiary alicyclic amines) is 1. The number of thioether (sulfide) groups is 1. The standard InChI is InChI=1S/C32H35F6N5O6S/c1-48-27-25(43-14-22(40-41-43)16-12-20(33)24(35)21(34)13-16)26(45)23(15-44)49-29(27)50-28(18-4-2-3-5-19(18)32(36,37)38)31(47)8-10-42(11-9-31)30(46)39-17-6-7-17/h2-5,12-14,17,23,25-29,44-45,47H,6-11,15H2,1H3,(H,39,46)/t23-,25+,26+,27-,28?,29+/m1/s1. The monoisotopic (exact) mass is 731 g/mol. The third kappa shape index (κ3) is 7.32. The fourth-order valence-electron chi connectivity index (χ4n) is 6.44. The van der Waals surface area contributed by atoms with Crippen LogP contribution in [0.1, 0.15) is 48.1 Å². The number of aliphatic hydroxyl groups is 3. The fourth-order valence-corrected chi connectivity index (χ4v) is 8.19. The van der Waals surface area contributed by atoms with Gasteiger partial charge in [-0.3, -0.25) is 0 Å². The number of benzene rings is 2. The molecule has 0 bridgehead atoms. The van der Waals surface area contributed by atoms with Gasteiger partial charge in [0.1, 0.15) is 35.5 Å². The van der Waals surface area contributed by atoms with Crippen LogP contribution in [-0.2, 0) is 15.7 Å². The van der Waals surface area contributed by atoms with Crippen LogP contribution in [-0.4, -0.2) is 103 Å². The predicted molar refractivity (Wildman–Crippen MR) is 166 cm³/mol. The van der Waals surface area contributed by atoms with Crippen LogP contribution in [0.5, 0.6) is 0 Å². The molecule has 2 saturated heterocycles. The topological polar surface area (TPSA) is 142 Å². The van der Waals surface area contributed by atoms with Gasteiger partial charge in [-0.1, -0.05) is 23.4 Å². The van der Waals surface area contributed by atoms with E-state index < -0.39 is 76.4 Å². The van der Waals surface area contributed by atoms with E-state index in [-0.39, 0.29) is 54.8 Å². The molecule has 3 fully saturated rings. The number of rotatable bonds is 9. The van der Waals surface area contributed by atoms with Crippen LogP contribution in [0.4, 0.5) is 31.1 Å². The zero-order valence-electron chi connectivity index (χ0n) is 26.6. The molecular formula is C32H35F6N5O6S. The molecule has 2 aliphatic heterocycles. The molecule has 1 saturated carbocycles. The summed E-state index contributed by atoms with van der Waals surface area (Å²) in [7, 11) is 1.26. The summed E-state index contributed by atoms with van der Waals surface area (Å²) in [4.78, 5) is 14.2. The van der Waals surface area contributed by atoms with Gasteiger partial charge in [-0.2, -0.15) is 13.2 Å². The van der Waals surface area contributed by atoms with Gasteiger partial charge < -0.3 is 35.0 Å². The van der Waals surface area contributed by atoms with E-state index in [9.17, 15) is 46.5 Å². The van der Waals surface area contributed by atoms with Gasteiger partial charge in [0, 0.05) is 31.8 Å². The van der Waals surface area contributed by atoms with E-state index in [1.807, 2.05) is 0 Å². The Labute approximate surface area is 286 Å². The summed E-state index contributed by atoms with van der Waals surface area (Å²) in [6.07, 6.45) is -6.08. The smallest absolute Gasteiger partial charge is 0.394 e. The first-order valence-electron chi connectivity index (χ1n) is 15.9. The van der Waals surface area contributed by atoms with Gasteiger partial charge in [0.2, 0.25) is 0 Å². The van der Waals surface area contributed by atoms with Crippen LogP contribution in [0, 0.1) is 17.5 Å². The minimum Gasteiger partial charge on any atom is -0.394 e. The first kappa shape index (κ1) is 36.4. The summed E-state index contributed by atoms with van der Waals surface area (Å²) in [5, 5.41) is 43.1. The normalized spacial score (nSPS) is 26.1. The number of aliphatic hydroxyl groups excluding tert-OH is 2. The summed E-state index contributed by atoms with van der Waals surface area (Å²) < 4.78 is 97.7. The number of urea groups is 1. The zero-order valence-corrected chi connectivity index (χ0v) is 27.4. The molecule has 6 atom stereocenters. The largest absolute Gasteiger partial charge is 0.416 e. The van der Waals surface area contributed by atoms with E-state index in [0.717, 1.165) is 35.4 Å². The van der Waals surface area contributed by atoms with Crippen LogP contribution in [0.15, 0.2) is 42.6 Å². The Morgan fingerprint density at radius 1 is 1.16 bits per heavy atom.